The highest BCUT2D eigenvalue weighted by Crippen LogP contribution is 2.30. The lowest BCUT2D eigenvalue weighted by Crippen LogP contribution is -2.47. The fourth-order valence-corrected chi connectivity index (χ4v) is 3.49. The molecule has 0 unspecified atom stereocenters. The summed E-state index contributed by atoms with van der Waals surface area (Å²) in [5, 5.41) is 0. The van der Waals surface area contributed by atoms with Crippen LogP contribution in [-0.4, -0.2) is 39.2 Å². The molecule has 0 aromatic rings. The Morgan fingerprint density at radius 3 is 2.58 bits per heavy atom. The second-order valence-electron chi connectivity index (χ2n) is 6.83. The second kappa shape index (κ2) is 6.48. The lowest BCUT2D eigenvalue weighted by atomic mass is 9.97. The molecule has 0 aliphatic carbocycles. The van der Waals surface area contributed by atoms with Crippen molar-refractivity contribution in [1.82, 2.24) is 0 Å². The zero-order valence-corrected chi connectivity index (χ0v) is 14.1. The smallest absolute Gasteiger partial charge is 0.184 e. The molecule has 1 saturated heterocycles. The molecule has 1 heterocycles. The van der Waals surface area contributed by atoms with Crippen molar-refractivity contribution in [2.75, 3.05) is 6.61 Å². The zero-order chi connectivity index (χ0) is 14.7. The third-order valence-electron chi connectivity index (χ3n) is 3.14. The van der Waals surface area contributed by atoms with Crippen LogP contribution in [0.1, 0.15) is 33.6 Å². The van der Waals surface area contributed by atoms with Gasteiger partial charge in [-0.25, -0.2) is 0 Å². The van der Waals surface area contributed by atoms with Crippen LogP contribution >= 0.6 is 0 Å². The molecule has 0 spiro atoms. The van der Waals surface area contributed by atoms with E-state index in [1.165, 1.54) is 0 Å². The molecule has 1 rings (SSSR count). The van der Waals surface area contributed by atoms with Gasteiger partial charge in [-0.3, -0.25) is 0 Å². The summed E-state index contributed by atoms with van der Waals surface area (Å²) in [4.78, 5) is 10.8. The van der Waals surface area contributed by atoms with Gasteiger partial charge in [0.2, 0.25) is 0 Å². The van der Waals surface area contributed by atoms with Crippen molar-refractivity contribution in [2.24, 2.45) is 5.92 Å². The van der Waals surface area contributed by atoms with Crippen molar-refractivity contribution in [3.8, 4) is 0 Å². The Morgan fingerprint density at radius 1 is 1.42 bits per heavy atom. The van der Waals surface area contributed by atoms with Crippen LogP contribution in [0.4, 0.5) is 0 Å². The highest BCUT2D eigenvalue weighted by molar-refractivity contribution is 6.69. The van der Waals surface area contributed by atoms with Crippen LogP contribution in [0, 0.1) is 5.92 Å². The molecule has 5 heteroatoms. The van der Waals surface area contributed by atoms with Gasteiger partial charge in [0.15, 0.2) is 14.1 Å². The van der Waals surface area contributed by atoms with Crippen LogP contribution in [0.5, 0.6) is 0 Å². The van der Waals surface area contributed by atoms with Gasteiger partial charge in [-0.2, -0.15) is 0 Å². The van der Waals surface area contributed by atoms with E-state index in [1.807, 2.05) is 13.8 Å². The van der Waals surface area contributed by atoms with Crippen molar-refractivity contribution >= 4 is 14.6 Å². The normalized spacial score (nSPS) is 28.9. The summed E-state index contributed by atoms with van der Waals surface area (Å²) in [5.41, 5.74) is 0. The first kappa shape index (κ1) is 16.8. The highest BCUT2D eigenvalue weighted by atomic mass is 28.4. The number of carbonyl (C=O) groups excluding carboxylic acids is 1. The Kier molecular flexibility index (Phi) is 5.74. The first-order valence-corrected chi connectivity index (χ1v) is 10.5. The maximum Gasteiger partial charge on any atom is 0.184 e. The molecule has 1 fully saturated rings. The summed E-state index contributed by atoms with van der Waals surface area (Å²) in [6, 6.07) is 0. The fourth-order valence-electron chi connectivity index (χ4n) is 2.29. The molecule has 1 aliphatic heterocycles. The van der Waals surface area contributed by atoms with Crippen LogP contribution in [-0.2, 0) is 18.7 Å². The second-order valence-corrected chi connectivity index (χ2v) is 11.3. The molecule has 1 aliphatic rings. The maximum absolute atomic E-state index is 10.8. The number of carbonyl (C=O) groups is 1. The molecule has 0 N–H and O–H groups in total. The Hall–Kier alpha value is -0.233. The lowest BCUT2D eigenvalue weighted by molar-refractivity contribution is -0.293. The molecule has 0 radical (unpaired) electrons. The first-order valence-electron chi connectivity index (χ1n) is 7.06. The summed E-state index contributed by atoms with van der Waals surface area (Å²) in [5.74, 6) is -0.213. The molecular weight excluding hydrogens is 260 g/mol. The van der Waals surface area contributed by atoms with Crippen LogP contribution < -0.4 is 0 Å². The third-order valence-corrected chi connectivity index (χ3v) is 4.18. The van der Waals surface area contributed by atoms with Gasteiger partial charge < -0.3 is 18.7 Å². The standard InChI is InChI=1S/C14H28O4Si/c1-11-10-16-14(2,3)17-13(11)9-12(7-8-15)18-19(4,5)6/h8,11-13H,7,9-10H2,1-6H3/t11-,12+,13+/m1/s1. The molecule has 112 valence electrons. The van der Waals surface area contributed by atoms with Gasteiger partial charge in [-0.15, -0.1) is 0 Å². The van der Waals surface area contributed by atoms with Crippen LogP contribution in [0.3, 0.4) is 0 Å². The first-order chi connectivity index (χ1) is 8.63. The van der Waals surface area contributed by atoms with E-state index in [4.69, 9.17) is 13.9 Å². The van der Waals surface area contributed by atoms with Crippen LogP contribution in [0.15, 0.2) is 0 Å². The summed E-state index contributed by atoms with van der Waals surface area (Å²) in [6.07, 6.45) is 2.20. The van der Waals surface area contributed by atoms with Gasteiger partial charge >= 0.3 is 0 Å². The molecule has 19 heavy (non-hydrogen) atoms. The van der Waals surface area contributed by atoms with Gasteiger partial charge in [-0.05, 0) is 39.9 Å². The van der Waals surface area contributed by atoms with E-state index in [0.29, 0.717) is 18.9 Å². The van der Waals surface area contributed by atoms with E-state index in [9.17, 15) is 4.79 Å². The average molecular weight is 288 g/mol. The summed E-state index contributed by atoms with van der Waals surface area (Å²) >= 11 is 0. The minimum absolute atomic E-state index is 0.0366. The molecule has 0 aromatic carbocycles. The zero-order valence-electron chi connectivity index (χ0n) is 13.1. The van der Waals surface area contributed by atoms with Crippen molar-refractivity contribution in [3.05, 3.63) is 0 Å². The van der Waals surface area contributed by atoms with E-state index >= 15 is 0 Å². The molecule has 0 bridgehead atoms. The van der Waals surface area contributed by atoms with Crippen molar-refractivity contribution < 1.29 is 18.7 Å². The Bertz CT molecular complexity index is 298. The van der Waals surface area contributed by atoms with Gasteiger partial charge in [-0.1, -0.05) is 6.92 Å². The predicted octanol–water partition coefficient (Wildman–Crippen LogP) is 2.97. The quantitative estimate of drug-likeness (QED) is 0.557. The number of aldehydes is 1. The Balaban J connectivity index is 2.63. The number of hydrogen-bond donors (Lipinski definition) is 0. The van der Waals surface area contributed by atoms with E-state index in [-0.39, 0.29) is 12.2 Å². The van der Waals surface area contributed by atoms with E-state index in [1.54, 1.807) is 0 Å². The maximum atomic E-state index is 10.8. The topological polar surface area (TPSA) is 44.8 Å². The predicted molar refractivity (Wildman–Crippen MR) is 77.6 cm³/mol. The summed E-state index contributed by atoms with van der Waals surface area (Å²) in [6.45, 7) is 13.1. The summed E-state index contributed by atoms with van der Waals surface area (Å²) in [7, 11) is -1.65. The number of hydrogen-bond acceptors (Lipinski definition) is 4. The minimum atomic E-state index is -1.65. The third kappa shape index (κ3) is 6.16. The fraction of sp³-hybridized carbons (Fsp3) is 0.929. The van der Waals surface area contributed by atoms with Gasteiger partial charge in [0.05, 0.1) is 18.8 Å². The minimum Gasteiger partial charge on any atom is -0.414 e. The Morgan fingerprint density at radius 2 is 2.05 bits per heavy atom. The number of ether oxygens (including phenoxy) is 2. The van der Waals surface area contributed by atoms with Crippen molar-refractivity contribution in [2.45, 2.75) is 71.2 Å². The van der Waals surface area contributed by atoms with E-state index in [0.717, 1.165) is 12.7 Å². The van der Waals surface area contributed by atoms with Crippen molar-refractivity contribution in [1.29, 1.82) is 0 Å². The molecular formula is C14H28O4Si. The molecule has 0 amide bonds. The van der Waals surface area contributed by atoms with Crippen LogP contribution in [0.25, 0.3) is 0 Å². The van der Waals surface area contributed by atoms with Crippen molar-refractivity contribution in [3.63, 3.8) is 0 Å². The highest BCUT2D eigenvalue weighted by Gasteiger charge is 2.36. The van der Waals surface area contributed by atoms with Gasteiger partial charge in [0.1, 0.15) is 6.29 Å². The average Bonchev–Trinajstić information content (AvgIpc) is 2.21. The lowest BCUT2D eigenvalue weighted by Gasteiger charge is -2.41. The Labute approximate surface area is 117 Å². The largest absolute Gasteiger partial charge is 0.414 e. The van der Waals surface area contributed by atoms with E-state index < -0.39 is 14.1 Å². The number of rotatable bonds is 6. The van der Waals surface area contributed by atoms with Gasteiger partial charge in [0.25, 0.3) is 0 Å². The molecule has 0 aromatic heterocycles. The summed E-state index contributed by atoms with van der Waals surface area (Å²) < 4.78 is 17.7. The molecule has 0 saturated carbocycles. The van der Waals surface area contributed by atoms with E-state index in [2.05, 4.69) is 26.6 Å². The monoisotopic (exact) mass is 288 g/mol. The van der Waals surface area contributed by atoms with Gasteiger partial charge in [0, 0.05) is 12.3 Å². The van der Waals surface area contributed by atoms with Crippen LogP contribution in [0.2, 0.25) is 19.6 Å². The molecule has 3 atom stereocenters. The SMILES string of the molecule is C[C@@H]1COC(C)(C)O[C@H]1C[C@H](CC=O)O[Si](C)(C)C. The molecule has 4 nitrogen and oxygen atoms in total.